The summed E-state index contributed by atoms with van der Waals surface area (Å²) in [6.45, 7) is 1.94. The highest BCUT2D eigenvalue weighted by Crippen LogP contribution is 2.25. The Labute approximate surface area is 127 Å². The molecule has 0 radical (unpaired) electrons. The smallest absolute Gasteiger partial charge is 0.252 e. The molecule has 1 atom stereocenters. The molecule has 104 valence electrons. The van der Waals surface area contributed by atoms with Crippen molar-refractivity contribution < 1.29 is 9.53 Å². The lowest BCUT2D eigenvalue weighted by Crippen LogP contribution is -2.27. The molecule has 1 amide bonds. The normalized spacial score (nSPS) is 11.8. The minimum absolute atomic E-state index is 0.115. The molecule has 0 spiro atoms. The first-order chi connectivity index (χ1) is 9.63. The average Bonchev–Trinajstić information content (AvgIpc) is 2.47. The van der Waals surface area contributed by atoms with Gasteiger partial charge >= 0.3 is 0 Å². The van der Waals surface area contributed by atoms with Crippen molar-refractivity contribution in [3.05, 3.63) is 64.1 Å². The lowest BCUT2D eigenvalue weighted by molar-refractivity contribution is 0.0938. The molecule has 0 heterocycles. The van der Waals surface area contributed by atoms with Gasteiger partial charge in [0.2, 0.25) is 0 Å². The summed E-state index contributed by atoms with van der Waals surface area (Å²) in [5, 5.41) is 2.98. The monoisotopic (exact) mass is 333 g/mol. The van der Waals surface area contributed by atoms with Gasteiger partial charge in [-0.2, -0.15) is 0 Å². The van der Waals surface area contributed by atoms with Crippen LogP contribution in [0, 0.1) is 0 Å². The van der Waals surface area contributed by atoms with E-state index in [1.807, 2.05) is 49.4 Å². The molecular weight excluding hydrogens is 318 g/mol. The van der Waals surface area contributed by atoms with Gasteiger partial charge in [-0.05, 0) is 41.1 Å². The molecule has 4 heteroatoms. The van der Waals surface area contributed by atoms with Crippen molar-refractivity contribution in [3.63, 3.8) is 0 Å². The maximum absolute atomic E-state index is 12.3. The van der Waals surface area contributed by atoms with Crippen LogP contribution in [-0.2, 0) is 0 Å². The number of methoxy groups -OCH3 is 1. The molecule has 3 nitrogen and oxygen atoms in total. The van der Waals surface area contributed by atoms with Crippen LogP contribution in [0.15, 0.2) is 53.0 Å². The van der Waals surface area contributed by atoms with Crippen LogP contribution in [0.4, 0.5) is 0 Å². The van der Waals surface area contributed by atoms with Crippen LogP contribution >= 0.6 is 15.9 Å². The van der Waals surface area contributed by atoms with E-state index in [0.717, 1.165) is 15.8 Å². The van der Waals surface area contributed by atoms with Crippen molar-refractivity contribution in [1.29, 1.82) is 0 Å². The molecule has 0 unspecified atom stereocenters. The second-order valence-electron chi connectivity index (χ2n) is 4.42. The number of benzene rings is 2. The maximum Gasteiger partial charge on any atom is 0.252 e. The molecular formula is C16H16BrNO2. The summed E-state index contributed by atoms with van der Waals surface area (Å²) >= 11 is 3.39. The molecule has 0 aliphatic heterocycles. The van der Waals surface area contributed by atoms with Crippen LogP contribution in [0.5, 0.6) is 5.75 Å². The first kappa shape index (κ1) is 14.6. The minimum Gasteiger partial charge on any atom is -0.496 e. The van der Waals surface area contributed by atoms with E-state index in [-0.39, 0.29) is 11.9 Å². The van der Waals surface area contributed by atoms with Gasteiger partial charge in [0.1, 0.15) is 5.75 Å². The third-order valence-electron chi connectivity index (χ3n) is 3.07. The highest BCUT2D eigenvalue weighted by Gasteiger charge is 2.16. The number of halogens is 1. The van der Waals surface area contributed by atoms with Gasteiger partial charge in [0.25, 0.3) is 5.91 Å². The van der Waals surface area contributed by atoms with Crippen LogP contribution in [0.3, 0.4) is 0 Å². The number of hydrogen-bond acceptors (Lipinski definition) is 2. The summed E-state index contributed by atoms with van der Waals surface area (Å²) in [6, 6.07) is 14.9. The number of nitrogens with one attached hydrogen (secondary N) is 1. The van der Waals surface area contributed by atoms with Crippen LogP contribution < -0.4 is 10.1 Å². The van der Waals surface area contributed by atoms with E-state index in [1.165, 1.54) is 0 Å². The summed E-state index contributed by atoms with van der Waals surface area (Å²) < 4.78 is 6.10. The van der Waals surface area contributed by atoms with Crippen LogP contribution in [0.1, 0.15) is 28.9 Å². The van der Waals surface area contributed by atoms with Crippen molar-refractivity contribution in [3.8, 4) is 5.75 Å². The van der Waals surface area contributed by atoms with Gasteiger partial charge in [-0.3, -0.25) is 4.79 Å². The van der Waals surface area contributed by atoms with Crippen LogP contribution in [-0.4, -0.2) is 13.0 Å². The third kappa shape index (κ3) is 3.20. The van der Waals surface area contributed by atoms with Crippen molar-refractivity contribution in [1.82, 2.24) is 5.32 Å². The zero-order valence-electron chi connectivity index (χ0n) is 11.4. The molecule has 2 aromatic rings. The lowest BCUT2D eigenvalue weighted by atomic mass is 10.1. The Bertz CT molecular complexity index is 613. The number of hydrogen-bond donors (Lipinski definition) is 1. The van der Waals surface area contributed by atoms with Gasteiger partial charge in [0.15, 0.2) is 0 Å². The fourth-order valence-corrected chi connectivity index (χ4v) is 2.49. The van der Waals surface area contributed by atoms with Crippen molar-refractivity contribution in [2.24, 2.45) is 0 Å². The summed E-state index contributed by atoms with van der Waals surface area (Å²) in [6.07, 6.45) is 0. The number of ether oxygens (including phenoxy) is 1. The predicted octanol–water partition coefficient (Wildman–Crippen LogP) is 3.95. The first-order valence-electron chi connectivity index (χ1n) is 6.31. The SMILES string of the molecule is COc1ccccc1[C@H](C)NC(=O)c1ccccc1Br. The van der Waals surface area contributed by atoms with Gasteiger partial charge in [-0.25, -0.2) is 0 Å². The van der Waals surface area contributed by atoms with Crippen LogP contribution in [0.2, 0.25) is 0 Å². The van der Waals surface area contributed by atoms with E-state index >= 15 is 0 Å². The molecule has 0 fully saturated rings. The van der Waals surface area contributed by atoms with Gasteiger partial charge in [-0.1, -0.05) is 30.3 Å². The number of rotatable bonds is 4. The van der Waals surface area contributed by atoms with E-state index in [1.54, 1.807) is 13.2 Å². The molecule has 0 aliphatic rings. The largest absolute Gasteiger partial charge is 0.496 e. The van der Waals surface area contributed by atoms with E-state index in [4.69, 9.17) is 4.74 Å². The molecule has 0 saturated heterocycles. The first-order valence-corrected chi connectivity index (χ1v) is 7.11. The Morgan fingerprint density at radius 3 is 2.50 bits per heavy atom. The number of carbonyl (C=O) groups is 1. The Kier molecular flexibility index (Phi) is 4.79. The number of amides is 1. The quantitative estimate of drug-likeness (QED) is 0.919. The third-order valence-corrected chi connectivity index (χ3v) is 3.76. The number of para-hydroxylation sites is 1. The molecule has 2 rings (SSSR count). The molecule has 20 heavy (non-hydrogen) atoms. The summed E-state index contributed by atoms with van der Waals surface area (Å²) in [5.41, 5.74) is 1.57. The Morgan fingerprint density at radius 1 is 1.15 bits per heavy atom. The summed E-state index contributed by atoms with van der Waals surface area (Å²) in [4.78, 5) is 12.3. The number of carbonyl (C=O) groups excluding carboxylic acids is 1. The molecule has 0 bridgehead atoms. The molecule has 0 saturated carbocycles. The lowest BCUT2D eigenvalue weighted by Gasteiger charge is -2.17. The van der Waals surface area contributed by atoms with Crippen molar-refractivity contribution >= 4 is 21.8 Å². The topological polar surface area (TPSA) is 38.3 Å². The molecule has 0 aliphatic carbocycles. The van der Waals surface area contributed by atoms with E-state index in [9.17, 15) is 4.79 Å². The molecule has 2 aromatic carbocycles. The van der Waals surface area contributed by atoms with E-state index in [0.29, 0.717) is 5.56 Å². The van der Waals surface area contributed by atoms with Crippen LogP contribution in [0.25, 0.3) is 0 Å². The maximum atomic E-state index is 12.3. The Morgan fingerprint density at radius 2 is 1.80 bits per heavy atom. The van der Waals surface area contributed by atoms with E-state index in [2.05, 4.69) is 21.2 Å². The minimum atomic E-state index is -0.134. The average molecular weight is 334 g/mol. The van der Waals surface area contributed by atoms with Gasteiger partial charge in [-0.15, -0.1) is 0 Å². The van der Waals surface area contributed by atoms with Gasteiger partial charge < -0.3 is 10.1 Å². The molecule has 0 aromatic heterocycles. The fraction of sp³-hybridized carbons (Fsp3) is 0.188. The van der Waals surface area contributed by atoms with Gasteiger partial charge in [0, 0.05) is 10.0 Å². The molecule has 1 N–H and O–H groups in total. The van der Waals surface area contributed by atoms with Crippen molar-refractivity contribution in [2.75, 3.05) is 7.11 Å². The van der Waals surface area contributed by atoms with Gasteiger partial charge in [0.05, 0.1) is 18.7 Å². The second kappa shape index (κ2) is 6.57. The standard InChI is InChI=1S/C16H16BrNO2/c1-11(12-7-4-6-10-15(12)20-2)18-16(19)13-8-3-5-9-14(13)17/h3-11H,1-2H3,(H,18,19)/t11-/m0/s1. The highest BCUT2D eigenvalue weighted by molar-refractivity contribution is 9.10. The summed E-state index contributed by atoms with van der Waals surface area (Å²) in [7, 11) is 1.63. The second-order valence-corrected chi connectivity index (χ2v) is 5.27. The van der Waals surface area contributed by atoms with Crippen molar-refractivity contribution in [2.45, 2.75) is 13.0 Å². The Balaban J connectivity index is 2.18. The Hall–Kier alpha value is -1.81. The predicted molar refractivity (Wildman–Crippen MR) is 83.0 cm³/mol. The zero-order valence-corrected chi connectivity index (χ0v) is 13.0. The van der Waals surface area contributed by atoms with E-state index < -0.39 is 0 Å². The fourth-order valence-electron chi connectivity index (χ4n) is 2.02. The summed E-state index contributed by atoms with van der Waals surface area (Å²) in [5.74, 6) is 0.656. The zero-order chi connectivity index (χ0) is 14.5. The highest BCUT2D eigenvalue weighted by atomic mass is 79.9.